The van der Waals surface area contributed by atoms with Crippen molar-refractivity contribution in [1.29, 1.82) is 0 Å². The van der Waals surface area contributed by atoms with Crippen molar-refractivity contribution in [2.75, 3.05) is 13.7 Å². The Bertz CT molecular complexity index is 778. The lowest BCUT2D eigenvalue weighted by Gasteiger charge is -2.40. The summed E-state index contributed by atoms with van der Waals surface area (Å²) in [5.74, 6) is -1.72. The number of cyclic esters (lactones) is 2. The van der Waals surface area contributed by atoms with E-state index in [1.54, 1.807) is 0 Å². The van der Waals surface area contributed by atoms with Crippen LogP contribution in [0.15, 0.2) is 16.7 Å². The fourth-order valence-corrected chi connectivity index (χ4v) is 3.15. The number of hydrogen-bond donors (Lipinski definition) is 6. The van der Waals surface area contributed by atoms with Gasteiger partial charge >= 0.3 is 26.2 Å². The van der Waals surface area contributed by atoms with Crippen LogP contribution in [0.5, 0.6) is 0 Å². The second kappa shape index (κ2) is 11.1. The van der Waals surface area contributed by atoms with Crippen molar-refractivity contribution < 1.29 is 48.5 Å². The lowest BCUT2D eigenvalue weighted by molar-refractivity contribution is -0.147. The van der Waals surface area contributed by atoms with E-state index in [0.29, 0.717) is 0 Å². The number of ether oxygens (including phenoxy) is 4. The van der Waals surface area contributed by atoms with Gasteiger partial charge < -0.3 is 50.0 Å². The normalized spacial score (nSPS) is 25.9. The number of esters is 1. The SMILES string of the molecule is COC(=O)C1=C[C@H](N/C(=N\B(C)O)NB(C)O)[C@@H](NC(C)=O)[C@H]([C@H](O)[C@H]2COC(=O)O2)O1. The molecule has 0 saturated carbocycles. The van der Waals surface area contributed by atoms with Crippen molar-refractivity contribution in [3.05, 3.63) is 11.8 Å². The molecule has 0 aromatic heterocycles. The predicted octanol–water partition coefficient (Wildman–Crippen LogP) is -3.03. The van der Waals surface area contributed by atoms with Crippen LogP contribution < -0.4 is 15.9 Å². The number of carbonyl (C=O) groups excluding carboxylic acids is 3. The maximum absolute atomic E-state index is 12.2. The molecule has 2 heterocycles. The molecule has 0 aromatic rings. The Morgan fingerprint density at radius 3 is 2.47 bits per heavy atom. The van der Waals surface area contributed by atoms with E-state index in [-0.39, 0.29) is 18.3 Å². The van der Waals surface area contributed by atoms with Crippen molar-refractivity contribution in [3.8, 4) is 0 Å². The smallest absolute Gasteiger partial charge is 0.478 e. The molecule has 0 unspecified atom stereocenters. The van der Waals surface area contributed by atoms with Gasteiger partial charge in [-0.15, -0.1) is 0 Å². The molecule has 0 radical (unpaired) electrons. The molecule has 0 aliphatic carbocycles. The van der Waals surface area contributed by atoms with Crippen LogP contribution in [0.2, 0.25) is 13.6 Å². The monoisotopic (exact) mass is 456 g/mol. The summed E-state index contributed by atoms with van der Waals surface area (Å²) in [5, 5.41) is 38.2. The third-order valence-corrected chi connectivity index (χ3v) is 4.39. The zero-order valence-corrected chi connectivity index (χ0v) is 18.0. The summed E-state index contributed by atoms with van der Waals surface area (Å²) in [6, 6.07) is -1.98. The fourth-order valence-electron chi connectivity index (χ4n) is 3.15. The minimum Gasteiger partial charge on any atom is -0.478 e. The van der Waals surface area contributed by atoms with Gasteiger partial charge in [0.15, 0.2) is 18.2 Å². The number of carbonyl (C=O) groups is 3. The first-order valence-corrected chi connectivity index (χ1v) is 9.74. The summed E-state index contributed by atoms with van der Waals surface area (Å²) in [6.07, 6.45) is -3.63. The molecule has 0 spiro atoms. The van der Waals surface area contributed by atoms with E-state index in [1.807, 2.05) is 0 Å². The lowest BCUT2D eigenvalue weighted by atomic mass is 9.87. The third kappa shape index (κ3) is 6.77. The summed E-state index contributed by atoms with van der Waals surface area (Å²) in [5.41, 5.74) is 0. The second-order valence-corrected chi connectivity index (χ2v) is 7.14. The first kappa shape index (κ1) is 25.3. The summed E-state index contributed by atoms with van der Waals surface area (Å²) in [7, 11) is -1.11. The maximum atomic E-state index is 12.2. The van der Waals surface area contributed by atoms with Gasteiger partial charge in [-0.3, -0.25) is 9.70 Å². The van der Waals surface area contributed by atoms with Gasteiger partial charge in [-0.05, 0) is 19.7 Å². The van der Waals surface area contributed by atoms with Crippen molar-refractivity contribution in [1.82, 2.24) is 15.9 Å². The number of guanidine groups is 1. The molecule has 16 heteroatoms. The fraction of sp³-hybridized carbons (Fsp3) is 0.625. The summed E-state index contributed by atoms with van der Waals surface area (Å²) >= 11 is 0. The summed E-state index contributed by atoms with van der Waals surface area (Å²) in [6.45, 7) is 3.75. The molecule has 14 nitrogen and oxygen atoms in total. The van der Waals surface area contributed by atoms with Crippen LogP contribution in [0, 0.1) is 0 Å². The highest BCUT2D eigenvalue weighted by Crippen LogP contribution is 2.26. The zero-order valence-electron chi connectivity index (χ0n) is 18.0. The van der Waals surface area contributed by atoms with Crippen LogP contribution >= 0.6 is 0 Å². The number of methoxy groups -OCH3 is 1. The molecule has 32 heavy (non-hydrogen) atoms. The molecule has 1 fully saturated rings. The van der Waals surface area contributed by atoms with Gasteiger partial charge in [-0.1, -0.05) is 0 Å². The Balaban J connectivity index is 2.43. The second-order valence-electron chi connectivity index (χ2n) is 7.14. The van der Waals surface area contributed by atoms with E-state index in [2.05, 4.69) is 20.8 Å². The van der Waals surface area contributed by atoms with Gasteiger partial charge in [-0.25, -0.2) is 9.59 Å². The minimum absolute atomic E-state index is 0.0680. The molecule has 176 valence electrons. The number of nitrogens with one attached hydrogen (secondary N) is 3. The minimum atomic E-state index is -1.52. The average molecular weight is 456 g/mol. The molecule has 1 saturated heterocycles. The van der Waals surface area contributed by atoms with Crippen molar-refractivity contribution in [2.45, 2.75) is 51.0 Å². The third-order valence-electron chi connectivity index (χ3n) is 4.39. The molecule has 6 N–H and O–H groups in total. The van der Waals surface area contributed by atoms with Gasteiger partial charge in [0, 0.05) is 6.92 Å². The van der Waals surface area contributed by atoms with Crippen molar-refractivity contribution >= 4 is 38.1 Å². The topological polar surface area (TPSA) is 197 Å². The van der Waals surface area contributed by atoms with Crippen LogP contribution in [0.25, 0.3) is 0 Å². The Kier molecular flexibility index (Phi) is 8.74. The number of nitrogens with zero attached hydrogens (tertiary/aromatic N) is 1. The van der Waals surface area contributed by atoms with Gasteiger partial charge in [0.1, 0.15) is 12.7 Å². The Morgan fingerprint density at radius 1 is 1.28 bits per heavy atom. The van der Waals surface area contributed by atoms with Gasteiger partial charge in [0.05, 0.1) is 19.2 Å². The van der Waals surface area contributed by atoms with Crippen molar-refractivity contribution in [2.24, 2.45) is 4.90 Å². The number of hydrogen-bond acceptors (Lipinski definition) is 11. The van der Waals surface area contributed by atoms with Crippen LogP contribution in [-0.2, 0) is 28.5 Å². The molecule has 2 aliphatic rings. The largest absolute Gasteiger partial charge is 0.508 e. The quantitative estimate of drug-likeness (QED) is 0.0983. The average Bonchev–Trinajstić information content (AvgIpc) is 3.12. The molecule has 5 atom stereocenters. The Morgan fingerprint density at radius 2 is 1.97 bits per heavy atom. The Hall–Kier alpha value is -2.97. The van der Waals surface area contributed by atoms with Gasteiger partial charge in [0.2, 0.25) is 11.7 Å². The molecule has 2 rings (SSSR count). The summed E-state index contributed by atoms with van der Waals surface area (Å²) in [4.78, 5) is 39.3. The van der Waals surface area contributed by atoms with Crippen LogP contribution in [0.3, 0.4) is 0 Å². The molecule has 0 aromatic carbocycles. The van der Waals surface area contributed by atoms with E-state index in [9.17, 15) is 29.5 Å². The highest BCUT2D eigenvalue weighted by atomic mass is 16.8. The zero-order chi connectivity index (χ0) is 24.0. The van der Waals surface area contributed by atoms with E-state index in [0.717, 1.165) is 7.11 Å². The molecule has 0 bridgehead atoms. The van der Waals surface area contributed by atoms with E-state index >= 15 is 0 Å². The van der Waals surface area contributed by atoms with Crippen molar-refractivity contribution in [3.63, 3.8) is 0 Å². The Labute approximate surface area is 184 Å². The standard InChI is InChI=1S/C16H26B2N4O10/c1-7(23)19-11-8(20-15(21-17(2)27)22-18(3)28)5-9(14(25)29-4)31-13(11)12(24)10-6-30-16(26)32-10/h5,8,10-13,24,27-28H,6H2,1-4H3,(H,19,23)(H2,20,21,22)/t8-,10+,11+,12+,13+/m0/s1. The number of amides is 1. The van der Waals surface area contributed by atoms with Crippen LogP contribution in [0.1, 0.15) is 6.92 Å². The number of aliphatic hydroxyl groups is 1. The highest BCUT2D eigenvalue weighted by molar-refractivity contribution is 6.52. The molecular weight excluding hydrogens is 430 g/mol. The number of aliphatic hydroxyl groups excluding tert-OH is 1. The first-order valence-electron chi connectivity index (χ1n) is 9.74. The van der Waals surface area contributed by atoms with E-state index < -0.39 is 62.5 Å². The predicted molar refractivity (Wildman–Crippen MR) is 110 cm³/mol. The number of rotatable bonds is 7. The van der Waals surface area contributed by atoms with Gasteiger partial charge in [0.25, 0.3) is 0 Å². The molecular formula is C16H26B2N4O10. The summed E-state index contributed by atoms with van der Waals surface area (Å²) < 4.78 is 19.9. The first-order chi connectivity index (χ1) is 15.0. The van der Waals surface area contributed by atoms with Crippen LogP contribution in [0.4, 0.5) is 4.79 Å². The highest BCUT2D eigenvalue weighted by Gasteiger charge is 2.47. The van der Waals surface area contributed by atoms with E-state index in [1.165, 1.54) is 26.6 Å². The molecule has 2 aliphatic heterocycles. The lowest BCUT2D eigenvalue weighted by Crippen LogP contribution is -2.65. The van der Waals surface area contributed by atoms with Crippen LogP contribution in [-0.4, -0.2) is 97.4 Å². The molecule has 1 amide bonds. The maximum Gasteiger partial charge on any atom is 0.508 e. The van der Waals surface area contributed by atoms with Gasteiger partial charge in [-0.2, -0.15) is 0 Å². The van der Waals surface area contributed by atoms with E-state index in [4.69, 9.17) is 18.9 Å².